The first kappa shape index (κ1) is 12.2. The van der Waals surface area contributed by atoms with Gasteiger partial charge in [0.05, 0.1) is 9.90 Å². The number of carbonyl (C=O) groups is 1. The number of rotatable bonds is 3. The molecule has 0 unspecified atom stereocenters. The quantitative estimate of drug-likeness (QED) is 0.701. The molecule has 1 aliphatic rings. The van der Waals surface area contributed by atoms with E-state index < -0.39 is 0 Å². The number of ketones is 1. The maximum Gasteiger partial charge on any atom is 0.175 e. The van der Waals surface area contributed by atoms with Crippen molar-refractivity contribution in [1.29, 1.82) is 0 Å². The van der Waals surface area contributed by atoms with Crippen molar-refractivity contribution in [2.75, 3.05) is 0 Å². The van der Waals surface area contributed by atoms with Crippen molar-refractivity contribution in [3.63, 3.8) is 0 Å². The summed E-state index contributed by atoms with van der Waals surface area (Å²) in [5, 5.41) is 1.24. The summed E-state index contributed by atoms with van der Waals surface area (Å²) >= 11 is 13.5. The van der Waals surface area contributed by atoms with Gasteiger partial charge < -0.3 is 0 Å². The van der Waals surface area contributed by atoms with Crippen LogP contribution >= 0.6 is 34.5 Å². The summed E-state index contributed by atoms with van der Waals surface area (Å²) in [7, 11) is 0. The second-order valence-corrected chi connectivity index (χ2v) is 6.35. The van der Waals surface area contributed by atoms with Gasteiger partial charge in [-0.05, 0) is 37.1 Å². The Morgan fingerprint density at radius 1 is 1.17 bits per heavy atom. The zero-order chi connectivity index (χ0) is 12.7. The van der Waals surface area contributed by atoms with Crippen LogP contribution in [-0.2, 0) is 0 Å². The summed E-state index contributed by atoms with van der Waals surface area (Å²) in [6, 6.07) is 9.27. The van der Waals surface area contributed by atoms with E-state index in [1.807, 2.05) is 24.3 Å². The number of Topliss-reactive ketones (excluding diaryl/α,β-unsaturated/α-hetero) is 1. The van der Waals surface area contributed by atoms with Gasteiger partial charge in [-0.1, -0.05) is 29.3 Å². The largest absolute Gasteiger partial charge is 0.293 e. The molecule has 1 aromatic heterocycles. The number of hydrogen-bond acceptors (Lipinski definition) is 2. The molecule has 1 saturated carbocycles. The molecule has 1 nitrogen and oxygen atoms in total. The molecule has 4 heteroatoms. The monoisotopic (exact) mass is 296 g/mol. The highest BCUT2D eigenvalue weighted by Crippen LogP contribution is 2.38. The van der Waals surface area contributed by atoms with Crippen molar-refractivity contribution in [2.24, 2.45) is 5.92 Å². The molecule has 0 saturated heterocycles. The fraction of sp³-hybridized carbons (Fsp3) is 0.214. The summed E-state index contributed by atoms with van der Waals surface area (Å²) < 4.78 is 0. The number of thiophene rings is 1. The Bertz CT molecular complexity index is 614. The molecule has 1 aliphatic carbocycles. The van der Waals surface area contributed by atoms with Gasteiger partial charge in [-0.2, -0.15) is 0 Å². The van der Waals surface area contributed by atoms with Crippen LogP contribution in [0.25, 0.3) is 10.4 Å². The molecule has 92 valence electrons. The van der Waals surface area contributed by atoms with Gasteiger partial charge in [0.2, 0.25) is 0 Å². The van der Waals surface area contributed by atoms with E-state index >= 15 is 0 Å². The number of carbonyl (C=O) groups excluding carboxylic acids is 1. The minimum Gasteiger partial charge on any atom is -0.293 e. The molecule has 0 radical (unpaired) electrons. The first-order valence-electron chi connectivity index (χ1n) is 5.74. The second-order valence-electron chi connectivity index (χ2n) is 4.43. The van der Waals surface area contributed by atoms with E-state index in [1.165, 1.54) is 11.3 Å². The van der Waals surface area contributed by atoms with Crippen LogP contribution in [0.5, 0.6) is 0 Å². The van der Waals surface area contributed by atoms with E-state index in [9.17, 15) is 4.79 Å². The number of benzene rings is 1. The molecule has 1 fully saturated rings. The van der Waals surface area contributed by atoms with Crippen molar-refractivity contribution in [2.45, 2.75) is 12.8 Å². The molecule has 3 rings (SSSR count). The van der Waals surface area contributed by atoms with E-state index in [4.69, 9.17) is 23.2 Å². The summed E-state index contributed by atoms with van der Waals surface area (Å²) in [6.07, 6.45) is 2.07. The average Bonchev–Trinajstić information content (AvgIpc) is 3.07. The third-order valence-corrected chi connectivity index (χ3v) is 4.67. The molecule has 18 heavy (non-hydrogen) atoms. The lowest BCUT2D eigenvalue weighted by Crippen LogP contribution is -1.96. The smallest absolute Gasteiger partial charge is 0.175 e. The Morgan fingerprint density at radius 3 is 2.61 bits per heavy atom. The van der Waals surface area contributed by atoms with Crippen LogP contribution in [-0.4, -0.2) is 5.78 Å². The topological polar surface area (TPSA) is 17.1 Å². The molecule has 0 atom stereocenters. The molecule has 0 N–H and O–H groups in total. The SMILES string of the molecule is O=C(c1ccc(-c2ccc(Cl)cc2Cl)s1)C1CC1. The molecule has 0 spiro atoms. The minimum absolute atomic E-state index is 0.261. The van der Waals surface area contributed by atoms with E-state index in [0.717, 1.165) is 28.2 Å². The predicted octanol–water partition coefficient (Wildman–Crippen LogP) is 5.31. The fourth-order valence-electron chi connectivity index (χ4n) is 1.85. The van der Waals surface area contributed by atoms with Gasteiger partial charge in [0, 0.05) is 21.4 Å². The van der Waals surface area contributed by atoms with Crippen molar-refractivity contribution >= 4 is 40.3 Å². The molecule has 0 aliphatic heterocycles. The Kier molecular flexibility index (Phi) is 3.18. The molecule has 0 bridgehead atoms. The number of halogens is 2. The first-order chi connectivity index (χ1) is 8.65. The highest BCUT2D eigenvalue weighted by Gasteiger charge is 2.31. The van der Waals surface area contributed by atoms with E-state index in [-0.39, 0.29) is 11.7 Å². The average molecular weight is 297 g/mol. The summed E-state index contributed by atoms with van der Waals surface area (Å²) in [6.45, 7) is 0. The van der Waals surface area contributed by atoms with Crippen LogP contribution in [0.2, 0.25) is 10.0 Å². The van der Waals surface area contributed by atoms with Crippen LogP contribution in [0.3, 0.4) is 0 Å². The molecular formula is C14H10Cl2OS. The van der Waals surface area contributed by atoms with Crippen molar-refractivity contribution < 1.29 is 4.79 Å². The Morgan fingerprint density at radius 2 is 1.94 bits per heavy atom. The summed E-state index contributed by atoms with van der Waals surface area (Å²) in [5.74, 6) is 0.536. The van der Waals surface area contributed by atoms with Gasteiger partial charge in [-0.3, -0.25) is 4.79 Å². The Labute approximate surface area is 119 Å². The summed E-state index contributed by atoms with van der Waals surface area (Å²) in [4.78, 5) is 13.8. The third-order valence-electron chi connectivity index (χ3n) is 2.99. The van der Waals surface area contributed by atoms with Gasteiger partial charge in [0.1, 0.15) is 0 Å². The summed E-state index contributed by atoms with van der Waals surface area (Å²) in [5.41, 5.74) is 0.931. The zero-order valence-electron chi connectivity index (χ0n) is 9.45. The van der Waals surface area contributed by atoms with Crippen LogP contribution < -0.4 is 0 Å². The van der Waals surface area contributed by atoms with Crippen molar-refractivity contribution in [3.05, 3.63) is 45.3 Å². The van der Waals surface area contributed by atoms with E-state index in [0.29, 0.717) is 10.0 Å². The third kappa shape index (κ3) is 2.33. The van der Waals surface area contributed by atoms with E-state index in [2.05, 4.69) is 0 Å². The molecule has 0 amide bonds. The van der Waals surface area contributed by atoms with Crippen LogP contribution in [0.1, 0.15) is 22.5 Å². The molecule has 1 aromatic carbocycles. The zero-order valence-corrected chi connectivity index (χ0v) is 11.8. The van der Waals surface area contributed by atoms with Gasteiger partial charge in [0.15, 0.2) is 5.78 Å². The van der Waals surface area contributed by atoms with E-state index in [1.54, 1.807) is 6.07 Å². The van der Waals surface area contributed by atoms with Gasteiger partial charge in [0.25, 0.3) is 0 Å². The fourth-order valence-corrected chi connectivity index (χ4v) is 3.48. The highest BCUT2D eigenvalue weighted by molar-refractivity contribution is 7.17. The van der Waals surface area contributed by atoms with Gasteiger partial charge in [-0.15, -0.1) is 11.3 Å². The predicted molar refractivity (Wildman–Crippen MR) is 76.8 cm³/mol. The van der Waals surface area contributed by atoms with Gasteiger partial charge in [-0.25, -0.2) is 0 Å². The highest BCUT2D eigenvalue weighted by atomic mass is 35.5. The lowest BCUT2D eigenvalue weighted by molar-refractivity contribution is 0.0971. The second kappa shape index (κ2) is 4.69. The first-order valence-corrected chi connectivity index (χ1v) is 7.32. The Hall–Kier alpha value is -0.830. The standard InChI is InChI=1S/C14H10Cl2OS/c15-9-3-4-10(11(16)7-9)12-5-6-13(18-12)14(17)8-1-2-8/h3-8H,1-2H2. The van der Waals surface area contributed by atoms with Gasteiger partial charge >= 0.3 is 0 Å². The molecule has 2 aromatic rings. The van der Waals surface area contributed by atoms with Crippen LogP contribution in [0.15, 0.2) is 30.3 Å². The number of hydrogen-bond donors (Lipinski definition) is 0. The maximum absolute atomic E-state index is 11.9. The maximum atomic E-state index is 11.9. The van der Waals surface area contributed by atoms with Crippen LogP contribution in [0.4, 0.5) is 0 Å². The lowest BCUT2D eigenvalue weighted by atomic mass is 10.2. The normalized spacial score (nSPS) is 14.8. The van der Waals surface area contributed by atoms with Crippen molar-refractivity contribution in [3.8, 4) is 10.4 Å². The minimum atomic E-state index is 0.261. The molecular weight excluding hydrogens is 287 g/mol. The Balaban J connectivity index is 1.94. The van der Waals surface area contributed by atoms with Crippen molar-refractivity contribution in [1.82, 2.24) is 0 Å². The lowest BCUT2D eigenvalue weighted by Gasteiger charge is -2.01. The molecule has 1 heterocycles. The van der Waals surface area contributed by atoms with Crippen LogP contribution in [0, 0.1) is 5.92 Å².